The molecule has 1 fully saturated rings. The highest BCUT2D eigenvalue weighted by atomic mass is 16.7. The number of furan rings is 1. The molecule has 1 saturated heterocycles. The third-order valence-corrected chi connectivity index (χ3v) is 7.41. The second-order valence-corrected chi connectivity index (χ2v) is 9.93. The molecule has 6 aromatic rings. The van der Waals surface area contributed by atoms with Crippen LogP contribution in [0.3, 0.4) is 0 Å². The topological polar surface area (TPSA) is 48.9 Å². The minimum Gasteiger partial charge on any atom is -0.454 e. The van der Waals surface area contributed by atoms with Gasteiger partial charge in [-0.3, -0.25) is 4.40 Å². The summed E-state index contributed by atoms with van der Waals surface area (Å²) in [4.78, 5) is 4.99. The Balaban J connectivity index is 1.60. The summed E-state index contributed by atoms with van der Waals surface area (Å²) < 4.78 is 21.3. The molecular formula is C27H23BN2O3. The second kappa shape index (κ2) is 6.16. The van der Waals surface area contributed by atoms with Gasteiger partial charge in [0.25, 0.3) is 0 Å². The number of rotatable bonds is 1. The molecule has 0 atom stereocenters. The third kappa shape index (κ3) is 2.48. The van der Waals surface area contributed by atoms with Gasteiger partial charge in [0.2, 0.25) is 0 Å². The van der Waals surface area contributed by atoms with Crippen LogP contribution in [0.1, 0.15) is 27.7 Å². The first-order valence-corrected chi connectivity index (χ1v) is 11.3. The van der Waals surface area contributed by atoms with E-state index < -0.39 is 18.3 Å². The lowest BCUT2D eigenvalue weighted by Crippen LogP contribution is -2.41. The van der Waals surface area contributed by atoms with Gasteiger partial charge in [0.05, 0.1) is 22.2 Å². The van der Waals surface area contributed by atoms with Gasteiger partial charge in [0.1, 0.15) is 16.7 Å². The highest BCUT2D eigenvalue weighted by molar-refractivity contribution is 6.62. The number of hydrogen-bond donors (Lipinski definition) is 0. The second-order valence-electron chi connectivity index (χ2n) is 9.93. The minimum absolute atomic E-state index is 0.394. The molecule has 1 aliphatic rings. The molecule has 0 amide bonds. The lowest BCUT2D eigenvalue weighted by molar-refractivity contribution is 0.00578. The van der Waals surface area contributed by atoms with Crippen molar-refractivity contribution >= 4 is 62.1 Å². The van der Waals surface area contributed by atoms with Gasteiger partial charge < -0.3 is 13.7 Å². The van der Waals surface area contributed by atoms with Crippen molar-refractivity contribution in [3.05, 3.63) is 66.7 Å². The number of imidazole rings is 1. The Morgan fingerprint density at radius 1 is 0.788 bits per heavy atom. The summed E-state index contributed by atoms with van der Waals surface area (Å²) in [6.45, 7) is 8.30. The van der Waals surface area contributed by atoms with Crippen molar-refractivity contribution in [1.82, 2.24) is 9.38 Å². The Hall–Kier alpha value is -3.35. The SMILES string of the molecule is CC1(C)OB(c2ccc3oc4c5ccccc5c5nc6ccccc6n5c4c3c2)OC1(C)C. The molecule has 7 rings (SSSR count). The molecular weight excluding hydrogens is 411 g/mol. The minimum atomic E-state index is -0.431. The standard InChI is InChI=1S/C27H23BN2O3/c1-26(2)27(3,4)33-28(32-26)16-13-14-22-19(15-16)23-24(31-22)17-9-5-6-10-18(17)25-29-20-11-7-8-12-21(20)30(23)25/h5-15H,1-4H3. The molecule has 5 nitrogen and oxygen atoms in total. The summed E-state index contributed by atoms with van der Waals surface area (Å²) in [6, 6.07) is 22.8. The number of benzene rings is 3. The lowest BCUT2D eigenvalue weighted by atomic mass is 9.78. The molecule has 0 bridgehead atoms. The van der Waals surface area contributed by atoms with E-state index in [0.29, 0.717) is 0 Å². The molecule has 3 aromatic carbocycles. The van der Waals surface area contributed by atoms with Crippen molar-refractivity contribution in [3.8, 4) is 0 Å². The van der Waals surface area contributed by atoms with Crippen molar-refractivity contribution < 1.29 is 13.7 Å². The molecule has 6 heteroatoms. The molecule has 0 radical (unpaired) electrons. The number of aromatic nitrogens is 2. The maximum atomic E-state index is 6.46. The molecule has 1 aliphatic heterocycles. The third-order valence-electron chi connectivity index (χ3n) is 7.41. The van der Waals surface area contributed by atoms with Crippen LogP contribution < -0.4 is 5.46 Å². The summed E-state index contributed by atoms with van der Waals surface area (Å²) in [5.74, 6) is 0. The fraction of sp³-hybridized carbons (Fsp3) is 0.222. The summed E-state index contributed by atoms with van der Waals surface area (Å²) in [6.07, 6.45) is 0. The van der Waals surface area contributed by atoms with Gasteiger partial charge in [-0.15, -0.1) is 0 Å². The quantitative estimate of drug-likeness (QED) is 0.305. The Morgan fingerprint density at radius 3 is 2.27 bits per heavy atom. The van der Waals surface area contributed by atoms with Crippen LogP contribution in [0.15, 0.2) is 71.1 Å². The first kappa shape index (κ1) is 19.2. The summed E-state index contributed by atoms with van der Waals surface area (Å²) in [5, 5.41) is 3.16. The van der Waals surface area contributed by atoms with Crippen LogP contribution in [0.5, 0.6) is 0 Å². The van der Waals surface area contributed by atoms with Gasteiger partial charge in [-0.1, -0.05) is 42.5 Å². The molecule has 0 aliphatic carbocycles. The van der Waals surface area contributed by atoms with Crippen LogP contribution in [0.2, 0.25) is 0 Å². The molecule has 3 aromatic heterocycles. The van der Waals surface area contributed by atoms with E-state index in [1.54, 1.807) is 0 Å². The van der Waals surface area contributed by atoms with Gasteiger partial charge >= 0.3 is 7.12 Å². The average Bonchev–Trinajstić information content (AvgIpc) is 3.42. The van der Waals surface area contributed by atoms with E-state index in [4.69, 9.17) is 18.7 Å². The first-order chi connectivity index (χ1) is 15.8. The van der Waals surface area contributed by atoms with E-state index in [-0.39, 0.29) is 0 Å². The maximum Gasteiger partial charge on any atom is 0.494 e. The van der Waals surface area contributed by atoms with E-state index in [1.807, 2.05) is 30.3 Å². The van der Waals surface area contributed by atoms with E-state index in [2.05, 4.69) is 68.5 Å². The van der Waals surface area contributed by atoms with Gasteiger partial charge in [-0.25, -0.2) is 4.98 Å². The Bertz CT molecular complexity index is 1730. The van der Waals surface area contributed by atoms with E-state index in [9.17, 15) is 0 Å². The summed E-state index contributed by atoms with van der Waals surface area (Å²) in [7, 11) is -0.431. The van der Waals surface area contributed by atoms with Crippen molar-refractivity contribution in [2.45, 2.75) is 38.9 Å². The Labute approximate surface area is 191 Å². The molecule has 162 valence electrons. The lowest BCUT2D eigenvalue weighted by Gasteiger charge is -2.32. The highest BCUT2D eigenvalue weighted by Gasteiger charge is 2.51. The summed E-state index contributed by atoms with van der Waals surface area (Å²) in [5.41, 5.74) is 5.87. The fourth-order valence-electron chi connectivity index (χ4n) is 4.94. The molecule has 0 saturated carbocycles. The molecule has 0 spiro atoms. The number of pyridine rings is 1. The Morgan fingerprint density at radius 2 is 1.48 bits per heavy atom. The molecule has 0 unspecified atom stereocenters. The van der Waals surface area contributed by atoms with Crippen molar-refractivity contribution in [3.63, 3.8) is 0 Å². The van der Waals surface area contributed by atoms with Crippen LogP contribution in [-0.4, -0.2) is 27.7 Å². The zero-order valence-corrected chi connectivity index (χ0v) is 19.0. The van der Waals surface area contributed by atoms with Crippen molar-refractivity contribution in [1.29, 1.82) is 0 Å². The number of hydrogen-bond acceptors (Lipinski definition) is 4. The monoisotopic (exact) mass is 434 g/mol. The van der Waals surface area contributed by atoms with Crippen LogP contribution in [0, 0.1) is 0 Å². The smallest absolute Gasteiger partial charge is 0.454 e. The van der Waals surface area contributed by atoms with Crippen LogP contribution in [0.4, 0.5) is 0 Å². The van der Waals surface area contributed by atoms with E-state index >= 15 is 0 Å². The normalized spacial score (nSPS) is 17.9. The zero-order valence-electron chi connectivity index (χ0n) is 19.0. The highest BCUT2D eigenvalue weighted by Crippen LogP contribution is 2.39. The van der Waals surface area contributed by atoms with Gasteiger partial charge in [-0.05, 0) is 57.4 Å². The van der Waals surface area contributed by atoms with E-state index in [0.717, 1.165) is 55.0 Å². The van der Waals surface area contributed by atoms with Crippen LogP contribution in [0.25, 0.3) is 49.5 Å². The number of nitrogens with zero attached hydrogens (tertiary/aromatic N) is 2. The van der Waals surface area contributed by atoms with Crippen molar-refractivity contribution in [2.75, 3.05) is 0 Å². The summed E-state index contributed by atoms with van der Waals surface area (Å²) >= 11 is 0. The predicted molar refractivity (Wildman–Crippen MR) is 133 cm³/mol. The largest absolute Gasteiger partial charge is 0.494 e. The maximum absolute atomic E-state index is 6.46. The molecule has 33 heavy (non-hydrogen) atoms. The van der Waals surface area contributed by atoms with E-state index in [1.165, 1.54) is 0 Å². The first-order valence-electron chi connectivity index (χ1n) is 11.3. The van der Waals surface area contributed by atoms with Crippen LogP contribution >= 0.6 is 0 Å². The molecule has 0 N–H and O–H groups in total. The Kier molecular flexibility index (Phi) is 3.57. The zero-order chi connectivity index (χ0) is 22.5. The van der Waals surface area contributed by atoms with Gasteiger partial charge in [0, 0.05) is 16.2 Å². The number of fused-ring (bicyclic) bond motifs is 10. The fourth-order valence-corrected chi connectivity index (χ4v) is 4.94. The molecule has 4 heterocycles. The van der Waals surface area contributed by atoms with Crippen LogP contribution in [-0.2, 0) is 9.31 Å². The van der Waals surface area contributed by atoms with Gasteiger partial charge in [-0.2, -0.15) is 0 Å². The average molecular weight is 434 g/mol. The van der Waals surface area contributed by atoms with Crippen molar-refractivity contribution in [2.24, 2.45) is 0 Å². The number of para-hydroxylation sites is 2. The van der Waals surface area contributed by atoms with Gasteiger partial charge in [0.15, 0.2) is 5.58 Å². The predicted octanol–water partition coefficient (Wildman–Crippen LogP) is 5.84.